The Hall–Kier alpha value is -2.70. The largest absolute Gasteiger partial charge is 0.455 e. The van der Waals surface area contributed by atoms with E-state index in [0.29, 0.717) is 5.56 Å². The summed E-state index contributed by atoms with van der Waals surface area (Å²) in [5.41, 5.74) is 0.707. The predicted octanol–water partition coefficient (Wildman–Crippen LogP) is 3.12. The lowest BCUT2D eigenvalue weighted by molar-refractivity contribution is -0.153. The van der Waals surface area contributed by atoms with Gasteiger partial charge in [0.05, 0.1) is 12.9 Å². The number of aryl methyl sites for hydroxylation is 1. The molecule has 0 aliphatic carbocycles. The number of alkyl halides is 3. The van der Waals surface area contributed by atoms with Gasteiger partial charge in [0.15, 0.2) is 5.03 Å². The van der Waals surface area contributed by atoms with Crippen LogP contribution < -0.4 is 5.32 Å². The number of sulfonamides is 1. The van der Waals surface area contributed by atoms with E-state index in [4.69, 9.17) is 4.42 Å². The van der Waals surface area contributed by atoms with Gasteiger partial charge in [-0.05, 0) is 29.8 Å². The number of rotatable bonds is 6. The van der Waals surface area contributed by atoms with E-state index in [0.717, 1.165) is 6.07 Å². The second kappa shape index (κ2) is 8.34. The molecule has 0 spiro atoms. The number of furan rings is 1. The van der Waals surface area contributed by atoms with Crippen molar-refractivity contribution in [2.45, 2.75) is 29.7 Å². The van der Waals surface area contributed by atoms with Crippen LogP contribution in [0.4, 0.5) is 17.6 Å². The zero-order valence-electron chi connectivity index (χ0n) is 16.9. The molecule has 3 heterocycles. The third kappa shape index (κ3) is 4.57. The van der Waals surface area contributed by atoms with Crippen LogP contribution in [-0.4, -0.2) is 41.4 Å². The average Bonchev–Trinajstić information content (AvgIpc) is 3.46. The van der Waals surface area contributed by atoms with Crippen LogP contribution in [0.5, 0.6) is 0 Å². The zero-order valence-corrected chi connectivity index (χ0v) is 17.7. The Labute approximate surface area is 181 Å². The molecule has 7 nitrogen and oxygen atoms in total. The highest BCUT2D eigenvalue weighted by Crippen LogP contribution is 2.33. The normalized spacial score (nSPS) is 20.2. The molecule has 0 unspecified atom stereocenters. The third-order valence-electron chi connectivity index (χ3n) is 5.35. The molecule has 1 fully saturated rings. The molecule has 1 saturated heterocycles. The first-order valence-electron chi connectivity index (χ1n) is 9.67. The van der Waals surface area contributed by atoms with Gasteiger partial charge in [-0.25, -0.2) is 17.8 Å². The van der Waals surface area contributed by atoms with Crippen molar-refractivity contribution in [2.75, 3.05) is 13.1 Å². The van der Waals surface area contributed by atoms with Crippen molar-refractivity contribution in [3.63, 3.8) is 0 Å². The summed E-state index contributed by atoms with van der Waals surface area (Å²) in [6.07, 6.45) is -1.81. The molecule has 1 N–H and O–H groups in total. The van der Waals surface area contributed by atoms with Crippen LogP contribution in [0, 0.1) is 5.82 Å². The molecule has 2 aromatic heterocycles. The van der Waals surface area contributed by atoms with Gasteiger partial charge in [0.2, 0.25) is 5.76 Å². The minimum Gasteiger partial charge on any atom is -0.455 e. The first-order valence-corrected chi connectivity index (χ1v) is 11.1. The third-order valence-corrected chi connectivity index (χ3v) is 7.07. The molecular formula is C20H20F4N4O3S. The molecule has 0 saturated carbocycles. The number of hydrogen-bond acceptors (Lipinski definition) is 5. The van der Waals surface area contributed by atoms with E-state index in [1.165, 1.54) is 39.6 Å². The summed E-state index contributed by atoms with van der Waals surface area (Å²) < 4.78 is 85.4. The molecule has 0 bridgehead atoms. The Kier molecular flexibility index (Phi) is 5.86. The van der Waals surface area contributed by atoms with Gasteiger partial charge in [0.25, 0.3) is 10.0 Å². The fraction of sp³-hybridized carbons (Fsp3) is 0.350. The van der Waals surface area contributed by atoms with E-state index in [2.05, 4.69) is 10.3 Å². The molecule has 32 heavy (non-hydrogen) atoms. The predicted molar refractivity (Wildman–Crippen MR) is 105 cm³/mol. The van der Waals surface area contributed by atoms with Crippen LogP contribution in [0.2, 0.25) is 0 Å². The van der Waals surface area contributed by atoms with Crippen LogP contribution in [0.25, 0.3) is 0 Å². The second-order valence-corrected chi connectivity index (χ2v) is 9.49. The van der Waals surface area contributed by atoms with E-state index in [1.807, 2.05) is 0 Å². The Morgan fingerprint density at radius 1 is 1.16 bits per heavy atom. The van der Waals surface area contributed by atoms with E-state index < -0.39 is 33.8 Å². The minimum absolute atomic E-state index is 0.0318. The van der Waals surface area contributed by atoms with Gasteiger partial charge in [-0.15, -0.1) is 0 Å². The number of hydrogen-bond donors (Lipinski definition) is 1. The molecule has 3 aromatic rings. The van der Waals surface area contributed by atoms with Gasteiger partial charge in [0.1, 0.15) is 11.6 Å². The van der Waals surface area contributed by atoms with Crippen molar-refractivity contribution in [3.05, 3.63) is 71.8 Å². The van der Waals surface area contributed by atoms with Crippen molar-refractivity contribution < 1.29 is 30.4 Å². The number of nitrogens with one attached hydrogen (secondary N) is 1. The van der Waals surface area contributed by atoms with Crippen molar-refractivity contribution >= 4 is 10.0 Å². The van der Waals surface area contributed by atoms with Gasteiger partial charge in [-0.1, -0.05) is 12.1 Å². The average molecular weight is 472 g/mol. The maximum atomic E-state index is 13.4. The van der Waals surface area contributed by atoms with Crippen molar-refractivity contribution in [2.24, 2.45) is 7.05 Å². The Morgan fingerprint density at radius 3 is 2.47 bits per heavy atom. The molecular weight excluding hydrogens is 452 g/mol. The monoisotopic (exact) mass is 472 g/mol. The quantitative estimate of drug-likeness (QED) is 0.558. The second-order valence-electron chi connectivity index (χ2n) is 7.61. The lowest BCUT2D eigenvalue weighted by Gasteiger charge is -2.19. The summed E-state index contributed by atoms with van der Waals surface area (Å²) >= 11 is 0. The van der Waals surface area contributed by atoms with E-state index in [1.54, 1.807) is 19.2 Å². The van der Waals surface area contributed by atoms with Gasteiger partial charge >= 0.3 is 6.18 Å². The lowest BCUT2D eigenvalue weighted by atomic mass is 9.94. The maximum absolute atomic E-state index is 13.4. The summed E-state index contributed by atoms with van der Waals surface area (Å²) in [6, 6.07) is 7.33. The van der Waals surface area contributed by atoms with Gasteiger partial charge in [-0.3, -0.25) is 0 Å². The van der Waals surface area contributed by atoms with E-state index >= 15 is 0 Å². The molecule has 172 valence electrons. The van der Waals surface area contributed by atoms with Gasteiger partial charge in [-0.2, -0.15) is 17.5 Å². The number of imidazole rings is 1. The molecule has 1 aromatic carbocycles. The van der Waals surface area contributed by atoms with E-state index in [9.17, 15) is 26.0 Å². The van der Waals surface area contributed by atoms with Crippen molar-refractivity contribution in [3.8, 4) is 0 Å². The number of nitrogens with zero attached hydrogens (tertiary/aromatic N) is 3. The fourth-order valence-electron chi connectivity index (χ4n) is 3.73. The van der Waals surface area contributed by atoms with Crippen LogP contribution in [-0.2, 0) is 29.8 Å². The number of benzene rings is 1. The summed E-state index contributed by atoms with van der Waals surface area (Å²) in [7, 11) is -2.23. The van der Waals surface area contributed by atoms with E-state index in [-0.39, 0.29) is 36.3 Å². The molecule has 2 atom stereocenters. The lowest BCUT2D eigenvalue weighted by Crippen LogP contribution is -2.36. The molecule has 1 aliphatic heterocycles. The SMILES string of the molecule is Cn1cnc(S(=O)(=O)N2C[C@H](NCc3ccc(C(F)(F)F)o3)[C@@H](c3ccc(F)cc3)C2)c1. The number of halogens is 4. The topological polar surface area (TPSA) is 80.4 Å². The van der Waals surface area contributed by atoms with Crippen LogP contribution >= 0.6 is 0 Å². The first-order chi connectivity index (χ1) is 15.0. The Balaban J connectivity index is 1.56. The molecule has 0 amide bonds. The van der Waals surface area contributed by atoms with Gasteiger partial charge < -0.3 is 14.3 Å². The smallest absolute Gasteiger partial charge is 0.449 e. The molecule has 12 heteroatoms. The highest BCUT2D eigenvalue weighted by molar-refractivity contribution is 7.89. The van der Waals surface area contributed by atoms with Crippen LogP contribution in [0.1, 0.15) is 23.0 Å². The first kappa shape index (κ1) is 22.5. The van der Waals surface area contributed by atoms with Crippen molar-refractivity contribution in [1.29, 1.82) is 0 Å². The maximum Gasteiger partial charge on any atom is 0.449 e. The summed E-state index contributed by atoms with van der Waals surface area (Å²) in [5.74, 6) is -1.81. The van der Waals surface area contributed by atoms with Crippen molar-refractivity contribution in [1.82, 2.24) is 19.2 Å². The molecule has 1 aliphatic rings. The summed E-state index contributed by atoms with van der Waals surface area (Å²) in [5, 5.41) is 3.00. The summed E-state index contributed by atoms with van der Waals surface area (Å²) in [6.45, 7) is 0.137. The van der Waals surface area contributed by atoms with Crippen LogP contribution in [0.3, 0.4) is 0 Å². The number of aromatic nitrogens is 2. The fourth-order valence-corrected chi connectivity index (χ4v) is 5.19. The van der Waals surface area contributed by atoms with Crippen LogP contribution in [0.15, 0.2) is 58.4 Å². The minimum atomic E-state index is -4.59. The standard InChI is InChI=1S/C20H20F4N4O3S/c1-27-11-19(26-12-27)32(29,30)28-9-16(13-2-4-14(21)5-3-13)17(10-28)25-8-15-6-7-18(31-15)20(22,23)24/h2-7,11-12,16-17,25H,8-10H2,1H3/t16-,17+/m1/s1. The zero-order chi connectivity index (χ0) is 23.1. The highest BCUT2D eigenvalue weighted by atomic mass is 32.2. The molecule has 4 rings (SSSR count). The van der Waals surface area contributed by atoms with Gasteiger partial charge in [0, 0.05) is 38.3 Å². The summed E-state index contributed by atoms with van der Waals surface area (Å²) in [4.78, 5) is 3.93. The molecule has 0 radical (unpaired) electrons. The highest BCUT2D eigenvalue weighted by Gasteiger charge is 2.41. The Bertz CT molecular complexity index is 1190. The Morgan fingerprint density at radius 2 is 1.88 bits per heavy atom.